The second-order valence-electron chi connectivity index (χ2n) is 13.1. The SMILES string of the molecule is C[C@@H]1O[C@@H](Oc2c(-c3ccc(O)c(O)c3)oc3cc(O)cc(O)c3c2=O)[C@H](O)[C@H](O)[C@H]1O[C@@H]1O[C@H](CO[C@@H]2O[C@H](CO)[C@@H](O)[C@H](O)[C@H]2O)[C@@H](O)[C@H](O)[C@H]1O. The minimum atomic E-state index is -2.03. The summed E-state index contributed by atoms with van der Waals surface area (Å²) in [5.41, 5.74) is -1.39. The van der Waals surface area contributed by atoms with Crippen LogP contribution in [-0.4, -0.2) is 172 Å². The lowest BCUT2D eigenvalue weighted by Gasteiger charge is -2.46. The van der Waals surface area contributed by atoms with Crippen LogP contribution in [0.2, 0.25) is 0 Å². The molecule has 3 saturated heterocycles. The summed E-state index contributed by atoms with van der Waals surface area (Å²) in [5, 5.41) is 134. The molecule has 0 amide bonds. The Morgan fingerprint density at radius 3 is 1.96 bits per heavy atom. The van der Waals surface area contributed by atoms with E-state index in [1.165, 1.54) is 13.0 Å². The summed E-state index contributed by atoms with van der Waals surface area (Å²) in [6, 6.07) is 5.20. The molecule has 3 aliphatic rings. The number of phenolic OH excluding ortho intramolecular Hbond substituents is 4. The van der Waals surface area contributed by atoms with Crippen molar-refractivity contribution in [2.75, 3.05) is 13.2 Å². The minimum absolute atomic E-state index is 0.0449. The maximum absolute atomic E-state index is 13.7. The Morgan fingerprint density at radius 2 is 1.30 bits per heavy atom. The van der Waals surface area contributed by atoms with E-state index in [9.17, 15) is 71.2 Å². The third-order valence-corrected chi connectivity index (χ3v) is 9.40. The van der Waals surface area contributed by atoms with Crippen molar-refractivity contribution in [3.05, 3.63) is 40.6 Å². The number of hydrogen-bond donors (Lipinski definition) is 13. The molecule has 0 spiro atoms. The Bertz CT molecular complexity index is 1850. The zero-order chi connectivity index (χ0) is 39.3. The molecule has 0 aliphatic carbocycles. The first kappa shape index (κ1) is 39.8. The maximum atomic E-state index is 13.7. The fraction of sp³-hybridized carbons (Fsp3) is 0.545. The molecule has 0 bridgehead atoms. The van der Waals surface area contributed by atoms with Crippen LogP contribution in [0.25, 0.3) is 22.3 Å². The number of aromatic hydroxyl groups is 4. The summed E-state index contributed by atoms with van der Waals surface area (Å²) in [5.74, 6) is -3.41. The normalized spacial score (nSPS) is 37.3. The van der Waals surface area contributed by atoms with Crippen LogP contribution in [0, 0.1) is 0 Å². The van der Waals surface area contributed by atoms with E-state index in [4.69, 9.17) is 32.8 Å². The lowest BCUT2D eigenvalue weighted by atomic mass is 9.97. The zero-order valence-electron chi connectivity index (χ0n) is 28.0. The Balaban J connectivity index is 1.20. The highest BCUT2D eigenvalue weighted by molar-refractivity contribution is 5.88. The van der Waals surface area contributed by atoms with E-state index in [0.29, 0.717) is 0 Å². The Morgan fingerprint density at radius 1 is 0.667 bits per heavy atom. The lowest BCUT2D eigenvalue weighted by molar-refractivity contribution is -0.357. The quantitative estimate of drug-likeness (QED) is 0.0925. The molecule has 4 heterocycles. The molecule has 54 heavy (non-hydrogen) atoms. The third-order valence-electron chi connectivity index (χ3n) is 9.40. The summed E-state index contributed by atoms with van der Waals surface area (Å²) in [7, 11) is 0. The number of fused-ring (bicyclic) bond motifs is 1. The molecular weight excluding hydrogens is 732 g/mol. The van der Waals surface area contributed by atoms with Gasteiger partial charge in [0.2, 0.25) is 17.5 Å². The molecule has 15 atom stereocenters. The van der Waals surface area contributed by atoms with Crippen LogP contribution in [0.1, 0.15) is 6.92 Å². The molecule has 21 heteroatoms. The minimum Gasteiger partial charge on any atom is -0.508 e. The van der Waals surface area contributed by atoms with Gasteiger partial charge in [-0.15, -0.1) is 0 Å². The number of rotatable bonds is 9. The Kier molecular flexibility index (Phi) is 11.5. The van der Waals surface area contributed by atoms with Gasteiger partial charge in [-0.2, -0.15) is 0 Å². The second kappa shape index (κ2) is 15.7. The lowest BCUT2D eigenvalue weighted by Crippen LogP contribution is -2.64. The van der Waals surface area contributed by atoms with Crippen LogP contribution in [0.5, 0.6) is 28.7 Å². The number of aliphatic hydroxyl groups is 9. The number of ether oxygens (including phenoxy) is 6. The molecule has 1 aromatic heterocycles. The van der Waals surface area contributed by atoms with Crippen molar-refractivity contribution < 1.29 is 99.2 Å². The van der Waals surface area contributed by atoms with E-state index < -0.39 is 151 Å². The smallest absolute Gasteiger partial charge is 0.239 e. The van der Waals surface area contributed by atoms with E-state index in [2.05, 4.69) is 0 Å². The van der Waals surface area contributed by atoms with E-state index in [-0.39, 0.29) is 11.1 Å². The third kappa shape index (κ3) is 7.39. The predicted molar refractivity (Wildman–Crippen MR) is 173 cm³/mol. The first-order chi connectivity index (χ1) is 25.5. The van der Waals surface area contributed by atoms with Gasteiger partial charge in [0.05, 0.1) is 19.3 Å². The molecule has 0 unspecified atom stereocenters. The Hall–Kier alpha value is -3.91. The number of hydrogen-bond acceptors (Lipinski definition) is 21. The summed E-state index contributed by atoms with van der Waals surface area (Å²) in [6.07, 6.45) is -25.9. The zero-order valence-corrected chi connectivity index (χ0v) is 28.0. The van der Waals surface area contributed by atoms with Crippen LogP contribution >= 0.6 is 0 Å². The molecule has 3 fully saturated rings. The molecule has 6 rings (SSSR count). The van der Waals surface area contributed by atoms with Gasteiger partial charge in [-0.25, -0.2) is 0 Å². The second-order valence-corrected chi connectivity index (χ2v) is 13.1. The van der Waals surface area contributed by atoms with Gasteiger partial charge in [-0.1, -0.05) is 0 Å². The fourth-order valence-electron chi connectivity index (χ4n) is 6.35. The van der Waals surface area contributed by atoms with Gasteiger partial charge < -0.3 is 99.2 Å². The van der Waals surface area contributed by atoms with Gasteiger partial charge in [-0.05, 0) is 25.1 Å². The highest BCUT2D eigenvalue weighted by Crippen LogP contribution is 2.40. The molecule has 13 N–H and O–H groups in total. The van der Waals surface area contributed by atoms with E-state index in [1.807, 2.05) is 0 Å². The monoisotopic (exact) mass is 772 g/mol. The van der Waals surface area contributed by atoms with Crippen LogP contribution < -0.4 is 10.2 Å². The fourth-order valence-corrected chi connectivity index (χ4v) is 6.35. The highest BCUT2D eigenvalue weighted by atomic mass is 16.8. The van der Waals surface area contributed by atoms with Crippen LogP contribution in [0.3, 0.4) is 0 Å². The molecule has 3 aliphatic heterocycles. The molecule has 2 aromatic carbocycles. The van der Waals surface area contributed by atoms with Crippen molar-refractivity contribution in [3.8, 4) is 40.1 Å². The van der Waals surface area contributed by atoms with Crippen molar-refractivity contribution in [1.82, 2.24) is 0 Å². The molecule has 0 saturated carbocycles. The molecule has 0 radical (unpaired) electrons. The molecular formula is C33H40O21. The first-order valence-electron chi connectivity index (χ1n) is 16.5. The van der Waals surface area contributed by atoms with Crippen LogP contribution in [0.15, 0.2) is 39.5 Å². The number of aliphatic hydroxyl groups excluding tert-OH is 9. The summed E-state index contributed by atoms with van der Waals surface area (Å²) >= 11 is 0. The maximum Gasteiger partial charge on any atom is 0.239 e. The number of benzene rings is 2. The van der Waals surface area contributed by atoms with E-state index >= 15 is 0 Å². The van der Waals surface area contributed by atoms with E-state index in [1.54, 1.807) is 0 Å². The predicted octanol–water partition coefficient (Wildman–Crippen LogP) is -3.86. The van der Waals surface area contributed by atoms with E-state index in [0.717, 1.165) is 24.3 Å². The van der Waals surface area contributed by atoms with Gasteiger partial charge >= 0.3 is 0 Å². The molecule has 3 aromatic rings. The number of phenols is 4. The van der Waals surface area contributed by atoms with Gasteiger partial charge in [0.1, 0.15) is 89.6 Å². The molecule has 21 nitrogen and oxygen atoms in total. The first-order valence-corrected chi connectivity index (χ1v) is 16.5. The summed E-state index contributed by atoms with van der Waals surface area (Å²) in [6.45, 7) is -0.0761. The average Bonchev–Trinajstić information content (AvgIpc) is 3.13. The van der Waals surface area contributed by atoms with Crippen molar-refractivity contribution in [3.63, 3.8) is 0 Å². The Labute approximate surface area is 303 Å². The summed E-state index contributed by atoms with van der Waals surface area (Å²) < 4.78 is 39.3. The van der Waals surface area contributed by atoms with Crippen LogP contribution in [0.4, 0.5) is 0 Å². The average molecular weight is 773 g/mol. The standard InChI is InChI=1S/C33H40O21/c1-9-28(53-33-26(46)23(43)20(40)17(52-33)8-48-31-25(45)22(42)19(39)16(7-34)51-31)24(44)27(47)32(49-9)54-30-21(41)18-14(38)5-11(35)6-15(18)50-29(30)10-2-3-12(36)13(37)4-10/h2-6,9,16-17,19-20,22-28,31-40,42-47H,7-8H2,1H3/t9-,16+,17+,19+,20+,22-,23-,24-,25+,26+,27+,28-,31+,32-,33-/m0/s1. The molecule has 298 valence electrons. The van der Waals surface area contributed by atoms with Crippen molar-refractivity contribution >= 4 is 11.0 Å². The van der Waals surface area contributed by atoms with Gasteiger partial charge in [0, 0.05) is 17.7 Å². The van der Waals surface area contributed by atoms with Crippen molar-refractivity contribution in [1.29, 1.82) is 0 Å². The van der Waals surface area contributed by atoms with Gasteiger partial charge in [0.15, 0.2) is 29.8 Å². The highest BCUT2D eigenvalue weighted by Gasteiger charge is 2.51. The van der Waals surface area contributed by atoms with Crippen LogP contribution in [-0.2, 0) is 23.7 Å². The van der Waals surface area contributed by atoms with Gasteiger partial charge in [-0.3, -0.25) is 4.79 Å². The van der Waals surface area contributed by atoms with Crippen molar-refractivity contribution in [2.45, 2.75) is 99.0 Å². The van der Waals surface area contributed by atoms with Crippen molar-refractivity contribution in [2.24, 2.45) is 0 Å². The summed E-state index contributed by atoms with van der Waals surface area (Å²) in [4.78, 5) is 13.7. The van der Waals surface area contributed by atoms with Gasteiger partial charge in [0.25, 0.3) is 0 Å². The largest absolute Gasteiger partial charge is 0.508 e. The topological polar surface area (TPSA) is 349 Å².